The van der Waals surface area contributed by atoms with Crippen molar-refractivity contribution in [2.24, 2.45) is 0 Å². The van der Waals surface area contributed by atoms with E-state index in [4.69, 9.17) is 0 Å². The first-order valence-corrected chi connectivity index (χ1v) is 3.06. The van der Waals surface area contributed by atoms with Crippen LogP contribution < -0.4 is 0 Å². The van der Waals surface area contributed by atoms with Gasteiger partial charge in [0.05, 0.1) is 0 Å². The first-order chi connectivity index (χ1) is 3.80. The molecule has 0 amide bonds. The second-order valence-electron chi connectivity index (χ2n) is 2.37. The van der Waals surface area contributed by atoms with E-state index in [1.807, 2.05) is 0 Å². The molecule has 0 aliphatic carbocycles. The SMILES string of the molecule is CC(C)[N+]1=CC=CC1. The average Bonchev–Trinajstić information content (AvgIpc) is 2.12. The Morgan fingerprint density at radius 2 is 2.25 bits per heavy atom. The molecule has 0 spiro atoms. The Hall–Kier alpha value is -0.590. The van der Waals surface area contributed by atoms with Crippen LogP contribution in [-0.4, -0.2) is 23.4 Å². The van der Waals surface area contributed by atoms with Crippen molar-refractivity contribution in [2.75, 3.05) is 6.54 Å². The number of rotatable bonds is 1. The van der Waals surface area contributed by atoms with Crippen molar-refractivity contribution in [1.82, 2.24) is 0 Å². The van der Waals surface area contributed by atoms with E-state index in [1.54, 1.807) is 0 Å². The highest BCUT2D eigenvalue weighted by Gasteiger charge is 2.08. The molecular formula is C7H12N+. The summed E-state index contributed by atoms with van der Waals surface area (Å²) in [7, 11) is 0. The molecule has 1 heterocycles. The summed E-state index contributed by atoms with van der Waals surface area (Å²) in [6, 6.07) is 0.657. The van der Waals surface area contributed by atoms with Crippen LogP contribution in [0.2, 0.25) is 0 Å². The van der Waals surface area contributed by atoms with Crippen molar-refractivity contribution in [2.45, 2.75) is 19.9 Å². The predicted molar refractivity (Wildman–Crippen MR) is 35.5 cm³/mol. The minimum absolute atomic E-state index is 0.657. The molecule has 0 aromatic heterocycles. The Morgan fingerprint density at radius 3 is 2.50 bits per heavy atom. The van der Waals surface area contributed by atoms with Crippen molar-refractivity contribution in [1.29, 1.82) is 0 Å². The van der Waals surface area contributed by atoms with E-state index in [9.17, 15) is 0 Å². The molecule has 0 N–H and O–H groups in total. The third-order valence-electron chi connectivity index (χ3n) is 1.39. The van der Waals surface area contributed by atoms with Gasteiger partial charge in [-0.25, -0.2) is 4.58 Å². The van der Waals surface area contributed by atoms with E-state index in [2.05, 4.69) is 36.8 Å². The lowest BCUT2D eigenvalue weighted by Crippen LogP contribution is -2.17. The standard InChI is InChI=1S/C7H12N/c1-7(2)8-5-3-4-6-8/h3-5,7H,6H2,1-2H3/q+1. The lowest BCUT2D eigenvalue weighted by molar-refractivity contribution is -0.541. The van der Waals surface area contributed by atoms with Crippen LogP contribution in [-0.2, 0) is 0 Å². The summed E-state index contributed by atoms with van der Waals surface area (Å²) >= 11 is 0. The van der Waals surface area contributed by atoms with Gasteiger partial charge in [-0.1, -0.05) is 0 Å². The van der Waals surface area contributed by atoms with Gasteiger partial charge in [0.1, 0.15) is 6.04 Å². The first-order valence-electron chi connectivity index (χ1n) is 3.06. The van der Waals surface area contributed by atoms with Gasteiger partial charge in [0.25, 0.3) is 0 Å². The van der Waals surface area contributed by atoms with Crippen molar-refractivity contribution in [3.8, 4) is 0 Å². The van der Waals surface area contributed by atoms with Crippen LogP contribution in [0.4, 0.5) is 0 Å². The summed E-state index contributed by atoms with van der Waals surface area (Å²) in [5.74, 6) is 0. The monoisotopic (exact) mass is 110 g/mol. The molecule has 0 unspecified atom stereocenters. The third kappa shape index (κ3) is 0.971. The smallest absolute Gasteiger partial charge is 0.163 e. The van der Waals surface area contributed by atoms with Gasteiger partial charge < -0.3 is 0 Å². The van der Waals surface area contributed by atoms with Crippen LogP contribution in [0.15, 0.2) is 12.2 Å². The Kier molecular flexibility index (Phi) is 1.47. The predicted octanol–water partition coefficient (Wildman–Crippen LogP) is 1.05. The lowest BCUT2D eigenvalue weighted by Gasteiger charge is -1.98. The highest BCUT2D eigenvalue weighted by Crippen LogP contribution is 1.92. The van der Waals surface area contributed by atoms with Crippen molar-refractivity contribution >= 4 is 6.21 Å². The maximum atomic E-state index is 2.29. The summed E-state index contributed by atoms with van der Waals surface area (Å²) < 4.78 is 2.29. The van der Waals surface area contributed by atoms with E-state index >= 15 is 0 Å². The molecule has 8 heavy (non-hydrogen) atoms. The van der Waals surface area contributed by atoms with Crippen LogP contribution in [0.25, 0.3) is 0 Å². The molecule has 0 bridgehead atoms. The van der Waals surface area contributed by atoms with Gasteiger partial charge >= 0.3 is 0 Å². The number of allylic oxidation sites excluding steroid dienone is 1. The van der Waals surface area contributed by atoms with Crippen molar-refractivity contribution in [3.05, 3.63) is 12.2 Å². The van der Waals surface area contributed by atoms with Gasteiger partial charge in [0.15, 0.2) is 12.8 Å². The zero-order valence-electron chi connectivity index (χ0n) is 5.46. The highest BCUT2D eigenvalue weighted by molar-refractivity contribution is 5.67. The Balaban J connectivity index is 2.51. The van der Waals surface area contributed by atoms with E-state index < -0.39 is 0 Å². The van der Waals surface area contributed by atoms with Crippen LogP contribution in [0, 0.1) is 0 Å². The molecule has 1 heteroatoms. The van der Waals surface area contributed by atoms with Crippen LogP contribution in [0.1, 0.15) is 13.8 Å². The minimum Gasteiger partial charge on any atom is -0.230 e. The summed E-state index contributed by atoms with van der Waals surface area (Å²) in [5.41, 5.74) is 0. The zero-order chi connectivity index (χ0) is 5.98. The fraction of sp³-hybridized carbons (Fsp3) is 0.571. The molecule has 1 aliphatic rings. The van der Waals surface area contributed by atoms with Gasteiger partial charge in [0, 0.05) is 6.08 Å². The highest BCUT2D eigenvalue weighted by atomic mass is 15.0. The van der Waals surface area contributed by atoms with E-state index in [-0.39, 0.29) is 0 Å². The Bertz CT molecular complexity index is 131. The molecule has 1 aliphatic heterocycles. The molecule has 0 atom stereocenters. The van der Waals surface area contributed by atoms with E-state index in [0.717, 1.165) is 6.54 Å². The van der Waals surface area contributed by atoms with Crippen LogP contribution in [0.3, 0.4) is 0 Å². The Morgan fingerprint density at radius 1 is 1.50 bits per heavy atom. The van der Waals surface area contributed by atoms with Gasteiger partial charge in [-0.3, -0.25) is 0 Å². The zero-order valence-corrected chi connectivity index (χ0v) is 5.46. The fourth-order valence-corrected chi connectivity index (χ4v) is 0.798. The van der Waals surface area contributed by atoms with E-state index in [1.165, 1.54) is 0 Å². The molecule has 0 fully saturated rings. The molecule has 1 nitrogen and oxygen atoms in total. The molecular weight excluding hydrogens is 98.1 g/mol. The second-order valence-corrected chi connectivity index (χ2v) is 2.37. The summed E-state index contributed by atoms with van der Waals surface area (Å²) in [6.45, 7) is 5.49. The van der Waals surface area contributed by atoms with Crippen LogP contribution in [0.5, 0.6) is 0 Å². The van der Waals surface area contributed by atoms with Crippen LogP contribution >= 0.6 is 0 Å². The third-order valence-corrected chi connectivity index (χ3v) is 1.39. The summed E-state index contributed by atoms with van der Waals surface area (Å²) in [4.78, 5) is 0. The molecule has 0 saturated heterocycles. The molecule has 1 rings (SSSR count). The molecule has 0 aromatic carbocycles. The van der Waals surface area contributed by atoms with Gasteiger partial charge in [-0.2, -0.15) is 0 Å². The fourth-order valence-electron chi connectivity index (χ4n) is 0.798. The largest absolute Gasteiger partial charge is 0.230 e. The number of hydrogen-bond acceptors (Lipinski definition) is 0. The van der Waals surface area contributed by atoms with Crippen molar-refractivity contribution in [3.63, 3.8) is 0 Å². The quantitative estimate of drug-likeness (QED) is 0.444. The summed E-state index contributed by atoms with van der Waals surface area (Å²) in [6.07, 6.45) is 6.39. The van der Waals surface area contributed by atoms with Gasteiger partial charge in [-0.15, -0.1) is 0 Å². The number of nitrogens with zero attached hydrogens (tertiary/aromatic N) is 1. The topological polar surface area (TPSA) is 3.01 Å². The first kappa shape index (κ1) is 5.54. The maximum absolute atomic E-state index is 2.29. The van der Waals surface area contributed by atoms with Gasteiger partial charge in [-0.05, 0) is 19.9 Å². The minimum atomic E-state index is 0.657. The molecule has 0 radical (unpaired) electrons. The molecule has 44 valence electrons. The van der Waals surface area contributed by atoms with Gasteiger partial charge in [0.2, 0.25) is 0 Å². The van der Waals surface area contributed by atoms with E-state index in [0.29, 0.717) is 6.04 Å². The summed E-state index contributed by atoms with van der Waals surface area (Å²) in [5, 5.41) is 0. The maximum Gasteiger partial charge on any atom is 0.163 e. The number of hydrogen-bond donors (Lipinski definition) is 0. The average molecular weight is 110 g/mol. The molecule has 0 saturated carbocycles. The molecule has 0 aromatic rings. The second kappa shape index (κ2) is 2.12. The normalized spacial score (nSPS) is 17.6. The lowest BCUT2D eigenvalue weighted by atomic mass is 10.4. The van der Waals surface area contributed by atoms with Crippen molar-refractivity contribution < 1.29 is 4.58 Å². The Labute approximate surface area is 50.3 Å².